The van der Waals surface area contributed by atoms with Gasteiger partial charge in [-0.05, 0) is 37.3 Å². The number of hydrogen-bond donors (Lipinski definition) is 1. The summed E-state index contributed by atoms with van der Waals surface area (Å²) in [4.78, 5) is 18.3. The number of nitrogen functional groups attached to an aromatic ring is 1. The van der Waals surface area contributed by atoms with Crippen molar-refractivity contribution in [3.63, 3.8) is 0 Å². The van der Waals surface area contributed by atoms with E-state index in [9.17, 15) is 4.79 Å². The lowest BCUT2D eigenvalue weighted by molar-refractivity contribution is 0.0601. The fraction of sp³-hybridized carbons (Fsp3) is 0.250. The standard InChI is InChI=1S/C16H19N3O2/c1-11-5-4-6-13(18-11)10-19(2)15-8-7-12(17)9-14(15)16(20)21-3/h4-9H,10,17H2,1-3H3. The predicted octanol–water partition coefficient (Wildman–Crippen LogP) is 2.40. The zero-order valence-electron chi connectivity index (χ0n) is 12.5. The molecule has 2 aromatic rings. The van der Waals surface area contributed by atoms with Crippen LogP contribution in [0.2, 0.25) is 0 Å². The number of hydrogen-bond acceptors (Lipinski definition) is 5. The Bertz CT molecular complexity index is 656. The Labute approximate surface area is 124 Å². The largest absolute Gasteiger partial charge is 0.465 e. The summed E-state index contributed by atoms with van der Waals surface area (Å²) in [5.74, 6) is -0.402. The van der Waals surface area contributed by atoms with Gasteiger partial charge >= 0.3 is 5.97 Å². The summed E-state index contributed by atoms with van der Waals surface area (Å²) in [7, 11) is 3.26. The van der Waals surface area contributed by atoms with Gasteiger partial charge in [0.25, 0.3) is 0 Å². The van der Waals surface area contributed by atoms with Crippen LogP contribution in [0.25, 0.3) is 0 Å². The number of anilines is 2. The topological polar surface area (TPSA) is 68.5 Å². The highest BCUT2D eigenvalue weighted by molar-refractivity contribution is 5.96. The van der Waals surface area contributed by atoms with Crippen LogP contribution in [0.1, 0.15) is 21.7 Å². The summed E-state index contributed by atoms with van der Waals surface area (Å²) in [5.41, 5.74) is 9.40. The van der Waals surface area contributed by atoms with Crippen molar-refractivity contribution in [1.29, 1.82) is 0 Å². The van der Waals surface area contributed by atoms with Gasteiger partial charge in [0.05, 0.1) is 30.6 Å². The zero-order valence-corrected chi connectivity index (χ0v) is 12.5. The van der Waals surface area contributed by atoms with E-state index >= 15 is 0 Å². The van der Waals surface area contributed by atoms with Gasteiger partial charge in [0.15, 0.2) is 0 Å². The van der Waals surface area contributed by atoms with Crippen LogP contribution in [0.5, 0.6) is 0 Å². The molecule has 0 aliphatic heterocycles. The van der Waals surface area contributed by atoms with Crippen molar-refractivity contribution < 1.29 is 9.53 Å². The molecule has 0 atom stereocenters. The maximum Gasteiger partial charge on any atom is 0.340 e. The van der Waals surface area contributed by atoms with Crippen LogP contribution in [0.4, 0.5) is 11.4 Å². The molecule has 0 unspecified atom stereocenters. The van der Waals surface area contributed by atoms with Gasteiger partial charge in [0.2, 0.25) is 0 Å². The molecule has 2 rings (SSSR count). The quantitative estimate of drug-likeness (QED) is 0.690. The van der Waals surface area contributed by atoms with Crippen molar-refractivity contribution in [2.75, 3.05) is 24.8 Å². The van der Waals surface area contributed by atoms with Crippen LogP contribution < -0.4 is 10.6 Å². The summed E-state index contributed by atoms with van der Waals surface area (Å²) in [6.07, 6.45) is 0. The normalized spacial score (nSPS) is 10.2. The number of nitrogens with zero attached hydrogens (tertiary/aromatic N) is 2. The van der Waals surface area contributed by atoms with E-state index in [1.54, 1.807) is 12.1 Å². The zero-order chi connectivity index (χ0) is 15.4. The van der Waals surface area contributed by atoms with Crippen LogP contribution in [0.15, 0.2) is 36.4 Å². The lowest BCUT2D eigenvalue weighted by Crippen LogP contribution is -2.20. The van der Waals surface area contributed by atoms with Gasteiger partial charge in [-0.15, -0.1) is 0 Å². The molecule has 0 saturated carbocycles. The van der Waals surface area contributed by atoms with Gasteiger partial charge in [-0.25, -0.2) is 4.79 Å². The minimum absolute atomic E-state index is 0.402. The molecule has 21 heavy (non-hydrogen) atoms. The van der Waals surface area contributed by atoms with Gasteiger partial charge in [-0.2, -0.15) is 0 Å². The number of aromatic nitrogens is 1. The molecule has 1 aromatic carbocycles. The second kappa shape index (κ2) is 6.26. The molecule has 0 aliphatic rings. The van der Waals surface area contributed by atoms with Crippen LogP contribution in [-0.4, -0.2) is 25.1 Å². The summed E-state index contributed by atoms with van der Waals surface area (Å²) in [5, 5.41) is 0. The first kappa shape index (κ1) is 14.8. The summed E-state index contributed by atoms with van der Waals surface area (Å²) in [6, 6.07) is 11.1. The van der Waals surface area contributed by atoms with Gasteiger partial charge in [0.1, 0.15) is 0 Å². The lowest BCUT2D eigenvalue weighted by atomic mass is 10.1. The van der Waals surface area contributed by atoms with E-state index in [1.807, 2.05) is 43.1 Å². The minimum atomic E-state index is -0.402. The van der Waals surface area contributed by atoms with E-state index in [0.29, 0.717) is 17.8 Å². The number of methoxy groups -OCH3 is 1. The number of nitrogens with two attached hydrogens (primary N) is 1. The second-order valence-electron chi connectivity index (χ2n) is 4.89. The first-order chi connectivity index (χ1) is 10.0. The molecule has 1 heterocycles. The summed E-state index contributed by atoms with van der Waals surface area (Å²) in [6.45, 7) is 2.54. The van der Waals surface area contributed by atoms with Crippen LogP contribution in [0.3, 0.4) is 0 Å². The molecule has 0 radical (unpaired) electrons. The third-order valence-corrected chi connectivity index (χ3v) is 3.18. The smallest absolute Gasteiger partial charge is 0.340 e. The van der Waals surface area contributed by atoms with Crippen molar-refractivity contribution in [2.24, 2.45) is 0 Å². The molecular weight excluding hydrogens is 266 g/mol. The Morgan fingerprint density at radius 3 is 2.76 bits per heavy atom. The Kier molecular flexibility index (Phi) is 4.42. The second-order valence-corrected chi connectivity index (χ2v) is 4.89. The van der Waals surface area contributed by atoms with E-state index in [2.05, 4.69) is 4.98 Å². The highest BCUT2D eigenvalue weighted by Gasteiger charge is 2.16. The molecule has 110 valence electrons. The van der Waals surface area contributed by atoms with E-state index in [4.69, 9.17) is 10.5 Å². The first-order valence-corrected chi connectivity index (χ1v) is 6.63. The average molecular weight is 285 g/mol. The third kappa shape index (κ3) is 3.51. The van der Waals surface area contributed by atoms with Crippen molar-refractivity contribution >= 4 is 17.3 Å². The van der Waals surface area contributed by atoms with Crippen molar-refractivity contribution in [2.45, 2.75) is 13.5 Å². The number of carbonyl (C=O) groups excluding carboxylic acids is 1. The summed E-state index contributed by atoms with van der Waals surface area (Å²) >= 11 is 0. The van der Waals surface area contributed by atoms with E-state index in [1.165, 1.54) is 7.11 Å². The maximum atomic E-state index is 11.9. The van der Waals surface area contributed by atoms with Gasteiger partial charge in [0, 0.05) is 18.4 Å². The van der Waals surface area contributed by atoms with Crippen molar-refractivity contribution in [3.8, 4) is 0 Å². The minimum Gasteiger partial charge on any atom is -0.465 e. The van der Waals surface area contributed by atoms with Crippen LogP contribution >= 0.6 is 0 Å². The number of rotatable bonds is 4. The maximum absolute atomic E-state index is 11.9. The predicted molar refractivity (Wildman–Crippen MR) is 83.3 cm³/mol. The number of benzene rings is 1. The first-order valence-electron chi connectivity index (χ1n) is 6.63. The molecule has 1 aromatic heterocycles. The molecule has 0 amide bonds. The van der Waals surface area contributed by atoms with E-state index in [-0.39, 0.29) is 0 Å². The molecule has 0 spiro atoms. The van der Waals surface area contributed by atoms with E-state index in [0.717, 1.165) is 17.1 Å². The number of ether oxygens (including phenoxy) is 1. The Morgan fingerprint density at radius 2 is 2.10 bits per heavy atom. The number of esters is 1. The molecule has 5 nitrogen and oxygen atoms in total. The Hall–Kier alpha value is -2.56. The summed E-state index contributed by atoms with van der Waals surface area (Å²) < 4.78 is 4.81. The molecule has 0 bridgehead atoms. The van der Waals surface area contributed by atoms with Crippen LogP contribution in [0, 0.1) is 6.92 Å². The Balaban J connectivity index is 2.30. The van der Waals surface area contributed by atoms with Gasteiger partial charge in [-0.1, -0.05) is 6.07 Å². The average Bonchev–Trinajstić information content (AvgIpc) is 2.46. The van der Waals surface area contributed by atoms with E-state index < -0.39 is 5.97 Å². The SMILES string of the molecule is COC(=O)c1cc(N)ccc1N(C)Cc1cccc(C)n1. The highest BCUT2D eigenvalue weighted by atomic mass is 16.5. The molecule has 0 fully saturated rings. The number of pyridine rings is 1. The molecule has 0 saturated heterocycles. The van der Waals surface area contributed by atoms with Gasteiger partial charge < -0.3 is 15.4 Å². The molecule has 2 N–H and O–H groups in total. The van der Waals surface area contributed by atoms with Crippen molar-refractivity contribution in [3.05, 3.63) is 53.3 Å². The fourth-order valence-corrected chi connectivity index (χ4v) is 2.18. The monoisotopic (exact) mass is 285 g/mol. The molecular formula is C16H19N3O2. The number of carbonyl (C=O) groups is 1. The number of aryl methyl sites for hydroxylation is 1. The Morgan fingerprint density at radius 1 is 1.33 bits per heavy atom. The van der Waals surface area contributed by atoms with Gasteiger partial charge in [-0.3, -0.25) is 4.98 Å². The molecule has 0 aliphatic carbocycles. The fourth-order valence-electron chi connectivity index (χ4n) is 2.18. The third-order valence-electron chi connectivity index (χ3n) is 3.18. The molecule has 5 heteroatoms. The highest BCUT2D eigenvalue weighted by Crippen LogP contribution is 2.24. The van der Waals surface area contributed by atoms with Crippen molar-refractivity contribution in [1.82, 2.24) is 4.98 Å². The lowest BCUT2D eigenvalue weighted by Gasteiger charge is -2.21. The van der Waals surface area contributed by atoms with Crippen LogP contribution in [-0.2, 0) is 11.3 Å².